The molecule has 7 heteroatoms. The Morgan fingerprint density at radius 3 is 2.75 bits per heavy atom. The van der Waals surface area contributed by atoms with Crippen molar-refractivity contribution in [3.8, 4) is 5.75 Å². The molecule has 0 aliphatic rings. The molecule has 0 unspecified atom stereocenters. The van der Waals surface area contributed by atoms with Gasteiger partial charge in [-0.3, -0.25) is 15.1 Å². The minimum atomic E-state index is -0.656. The van der Waals surface area contributed by atoms with E-state index in [0.29, 0.717) is 15.2 Å². The number of aromatic hydroxyl groups is 1. The molecule has 5 nitrogen and oxygen atoms in total. The number of nitro groups is 1. The zero-order valence-corrected chi connectivity index (χ0v) is 12.3. The first kappa shape index (κ1) is 14.5. The van der Waals surface area contributed by atoms with E-state index in [1.807, 2.05) is 0 Å². The van der Waals surface area contributed by atoms with Gasteiger partial charge in [0.1, 0.15) is 0 Å². The number of phenolic OH excluding ortho intramolecular Hbond substituents is 1. The third-order valence-electron chi connectivity index (χ3n) is 2.44. The molecule has 0 aliphatic carbocycles. The van der Waals surface area contributed by atoms with Crippen LogP contribution in [0.1, 0.15) is 5.56 Å². The lowest BCUT2D eigenvalue weighted by atomic mass is 10.2. The van der Waals surface area contributed by atoms with Crippen LogP contribution < -0.4 is 0 Å². The monoisotopic (exact) mass is 354 g/mol. The number of hydrogen-bond acceptors (Lipinski definition) is 4. The van der Waals surface area contributed by atoms with E-state index in [-0.39, 0.29) is 11.3 Å². The second-order valence-electron chi connectivity index (χ2n) is 3.86. The summed E-state index contributed by atoms with van der Waals surface area (Å²) >= 11 is 8.98. The smallest absolute Gasteiger partial charge is 0.312 e. The molecule has 0 saturated heterocycles. The standard InChI is InChI=1S/C13H8BrClN2O3/c14-9-4-8(13(18)12(5-9)17(19)20)7-16-11-3-1-2-10(15)6-11/h1-7,18H/b16-7+. The van der Waals surface area contributed by atoms with E-state index in [2.05, 4.69) is 20.9 Å². The molecule has 1 N–H and O–H groups in total. The average Bonchev–Trinajstić information content (AvgIpc) is 2.39. The highest BCUT2D eigenvalue weighted by atomic mass is 79.9. The van der Waals surface area contributed by atoms with Gasteiger partial charge in [0, 0.05) is 27.3 Å². The summed E-state index contributed by atoms with van der Waals surface area (Å²) in [5.74, 6) is -0.427. The maximum Gasteiger partial charge on any atom is 0.312 e. The fourth-order valence-corrected chi connectivity index (χ4v) is 2.19. The van der Waals surface area contributed by atoms with Crippen molar-refractivity contribution in [2.24, 2.45) is 4.99 Å². The quantitative estimate of drug-likeness (QED) is 0.501. The van der Waals surface area contributed by atoms with Crippen molar-refractivity contribution < 1.29 is 10.0 Å². The molecule has 102 valence electrons. The van der Waals surface area contributed by atoms with Crippen LogP contribution in [0.25, 0.3) is 0 Å². The fourth-order valence-electron chi connectivity index (χ4n) is 1.54. The van der Waals surface area contributed by atoms with Crippen LogP contribution in [0.15, 0.2) is 45.9 Å². The number of rotatable bonds is 3. The van der Waals surface area contributed by atoms with E-state index in [9.17, 15) is 15.2 Å². The van der Waals surface area contributed by atoms with Gasteiger partial charge in [0.15, 0.2) is 0 Å². The number of phenols is 1. The molecule has 0 fully saturated rings. The third-order valence-corrected chi connectivity index (χ3v) is 3.13. The van der Waals surface area contributed by atoms with Crippen molar-refractivity contribution >= 4 is 45.1 Å². The molecule has 0 spiro atoms. The van der Waals surface area contributed by atoms with Crippen LogP contribution in [-0.4, -0.2) is 16.2 Å². The highest BCUT2D eigenvalue weighted by Gasteiger charge is 2.17. The van der Waals surface area contributed by atoms with Gasteiger partial charge >= 0.3 is 5.69 Å². The lowest BCUT2D eigenvalue weighted by molar-refractivity contribution is -0.385. The number of nitro benzene ring substituents is 1. The first-order valence-electron chi connectivity index (χ1n) is 5.44. The number of hydrogen-bond donors (Lipinski definition) is 1. The Balaban J connectivity index is 2.41. The minimum Gasteiger partial charge on any atom is -0.502 e. The zero-order chi connectivity index (χ0) is 14.7. The fraction of sp³-hybridized carbons (Fsp3) is 0. The van der Waals surface area contributed by atoms with Crippen LogP contribution in [0.2, 0.25) is 5.02 Å². The Labute approximate surface area is 127 Å². The van der Waals surface area contributed by atoms with Crippen molar-refractivity contribution in [3.05, 3.63) is 61.6 Å². The Kier molecular flexibility index (Phi) is 4.36. The summed E-state index contributed by atoms with van der Waals surface area (Å²) in [6.45, 7) is 0. The molecule has 0 amide bonds. The Bertz CT molecular complexity index is 704. The van der Waals surface area contributed by atoms with E-state index in [1.165, 1.54) is 18.3 Å². The van der Waals surface area contributed by atoms with Gasteiger partial charge in [-0.1, -0.05) is 33.6 Å². The van der Waals surface area contributed by atoms with Crippen molar-refractivity contribution in [2.75, 3.05) is 0 Å². The van der Waals surface area contributed by atoms with Crippen molar-refractivity contribution in [2.45, 2.75) is 0 Å². The molecule has 0 heterocycles. The summed E-state index contributed by atoms with van der Waals surface area (Å²) in [5, 5.41) is 21.2. The summed E-state index contributed by atoms with van der Waals surface area (Å²) in [7, 11) is 0. The van der Waals surface area contributed by atoms with Gasteiger partial charge in [0.05, 0.1) is 10.6 Å². The third kappa shape index (κ3) is 3.34. The van der Waals surface area contributed by atoms with E-state index in [4.69, 9.17) is 11.6 Å². The van der Waals surface area contributed by atoms with Gasteiger partial charge in [0.2, 0.25) is 5.75 Å². The Morgan fingerprint density at radius 2 is 2.10 bits per heavy atom. The second-order valence-corrected chi connectivity index (χ2v) is 5.21. The normalized spacial score (nSPS) is 10.9. The molecular formula is C13H8BrClN2O3. The van der Waals surface area contributed by atoms with Gasteiger partial charge < -0.3 is 5.11 Å². The van der Waals surface area contributed by atoms with Crippen LogP contribution in [0.4, 0.5) is 11.4 Å². The van der Waals surface area contributed by atoms with Crippen molar-refractivity contribution in [1.82, 2.24) is 0 Å². The first-order valence-corrected chi connectivity index (χ1v) is 6.61. The van der Waals surface area contributed by atoms with Crippen molar-refractivity contribution in [1.29, 1.82) is 0 Å². The molecule has 0 bridgehead atoms. The van der Waals surface area contributed by atoms with E-state index in [0.717, 1.165) is 0 Å². The Hall–Kier alpha value is -1.92. The van der Waals surface area contributed by atoms with E-state index < -0.39 is 10.7 Å². The predicted octanol–water partition coefficient (Wildman–Crippen LogP) is 4.47. The lowest BCUT2D eigenvalue weighted by Crippen LogP contribution is -1.92. The van der Waals surface area contributed by atoms with E-state index >= 15 is 0 Å². The summed E-state index contributed by atoms with van der Waals surface area (Å²) in [4.78, 5) is 14.3. The molecule has 20 heavy (non-hydrogen) atoms. The summed E-state index contributed by atoms with van der Waals surface area (Å²) in [6, 6.07) is 9.58. The number of nitrogens with zero attached hydrogens (tertiary/aromatic N) is 2. The molecule has 2 aromatic rings. The van der Waals surface area contributed by atoms with Crippen LogP contribution >= 0.6 is 27.5 Å². The number of aliphatic imine (C=N–C) groups is 1. The molecule has 2 aromatic carbocycles. The van der Waals surface area contributed by atoms with Crippen LogP contribution in [0, 0.1) is 10.1 Å². The number of halogens is 2. The molecule has 0 radical (unpaired) electrons. The van der Waals surface area contributed by atoms with Crippen LogP contribution in [0.5, 0.6) is 5.75 Å². The summed E-state index contributed by atoms with van der Waals surface area (Å²) in [5.41, 5.74) is 0.442. The minimum absolute atomic E-state index is 0.242. The molecule has 2 rings (SSSR count). The summed E-state index contributed by atoms with van der Waals surface area (Å²) in [6.07, 6.45) is 1.35. The zero-order valence-electron chi connectivity index (χ0n) is 9.96. The molecule has 0 aliphatic heterocycles. The SMILES string of the molecule is O=[N+]([O-])c1cc(Br)cc(/C=N/c2cccc(Cl)c2)c1O. The lowest BCUT2D eigenvalue weighted by Gasteiger charge is -2.01. The van der Waals surface area contributed by atoms with E-state index in [1.54, 1.807) is 24.3 Å². The first-order chi connectivity index (χ1) is 9.47. The average molecular weight is 356 g/mol. The Morgan fingerprint density at radius 1 is 1.35 bits per heavy atom. The van der Waals surface area contributed by atoms with Crippen LogP contribution in [-0.2, 0) is 0 Å². The largest absolute Gasteiger partial charge is 0.502 e. The van der Waals surface area contributed by atoms with Crippen molar-refractivity contribution in [3.63, 3.8) is 0 Å². The van der Waals surface area contributed by atoms with Gasteiger partial charge in [-0.25, -0.2) is 0 Å². The maximum atomic E-state index is 10.8. The van der Waals surface area contributed by atoms with Gasteiger partial charge in [-0.2, -0.15) is 0 Å². The molecule has 0 aromatic heterocycles. The maximum absolute atomic E-state index is 10.8. The topological polar surface area (TPSA) is 75.7 Å². The number of benzene rings is 2. The summed E-state index contributed by atoms with van der Waals surface area (Å²) < 4.78 is 0.481. The highest BCUT2D eigenvalue weighted by Crippen LogP contribution is 2.32. The van der Waals surface area contributed by atoms with Crippen LogP contribution in [0.3, 0.4) is 0 Å². The highest BCUT2D eigenvalue weighted by molar-refractivity contribution is 9.10. The predicted molar refractivity (Wildman–Crippen MR) is 81.2 cm³/mol. The molecule has 0 atom stereocenters. The molecule has 0 saturated carbocycles. The second kappa shape index (κ2) is 6.02. The van der Waals surface area contributed by atoms with Gasteiger partial charge in [0.25, 0.3) is 0 Å². The van der Waals surface area contributed by atoms with Gasteiger partial charge in [-0.15, -0.1) is 0 Å². The molecular weight excluding hydrogens is 348 g/mol. The van der Waals surface area contributed by atoms with Gasteiger partial charge in [-0.05, 0) is 24.3 Å².